The van der Waals surface area contributed by atoms with E-state index in [9.17, 15) is 9.90 Å². The van der Waals surface area contributed by atoms with Gasteiger partial charge in [-0.25, -0.2) is 0 Å². The normalized spacial score (nSPS) is 14.1. The predicted octanol–water partition coefficient (Wildman–Crippen LogP) is 5.11. The molecule has 0 aromatic heterocycles. The lowest BCUT2D eigenvalue weighted by molar-refractivity contribution is -0.139. The number of rotatable bonds is 8. The standard InChI is InChI=1S/C16H23ClO2/c1-3-5-7-12(4-2)10-15(16(18)19)13-8-6-9-14(17)11-13/h6,8-9,11-12,15H,3-5,7,10H2,1-2H3,(H,18,19). The van der Waals surface area contributed by atoms with E-state index >= 15 is 0 Å². The van der Waals surface area contributed by atoms with Crippen LogP contribution in [0.2, 0.25) is 5.02 Å². The number of benzene rings is 1. The van der Waals surface area contributed by atoms with Gasteiger partial charge in [0.1, 0.15) is 0 Å². The lowest BCUT2D eigenvalue weighted by Gasteiger charge is -2.20. The summed E-state index contributed by atoms with van der Waals surface area (Å²) >= 11 is 5.95. The molecule has 0 radical (unpaired) electrons. The van der Waals surface area contributed by atoms with Crippen LogP contribution in [0.5, 0.6) is 0 Å². The molecule has 0 bridgehead atoms. The molecule has 0 aliphatic rings. The summed E-state index contributed by atoms with van der Waals surface area (Å²) in [5.74, 6) is -0.724. The zero-order valence-corrected chi connectivity index (χ0v) is 12.5. The summed E-state index contributed by atoms with van der Waals surface area (Å²) in [4.78, 5) is 11.5. The second-order valence-corrected chi connectivity index (χ2v) is 5.53. The van der Waals surface area contributed by atoms with Gasteiger partial charge >= 0.3 is 5.97 Å². The van der Waals surface area contributed by atoms with Crippen molar-refractivity contribution in [3.8, 4) is 0 Å². The van der Waals surface area contributed by atoms with Crippen LogP contribution in [0.25, 0.3) is 0 Å². The third kappa shape index (κ3) is 5.23. The molecule has 0 spiro atoms. The second kappa shape index (κ2) is 8.21. The SMILES string of the molecule is CCCCC(CC)CC(C(=O)O)c1cccc(Cl)c1. The highest BCUT2D eigenvalue weighted by Crippen LogP contribution is 2.30. The molecule has 0 aliphatic heterocycles. The summed E-state index contributed by atoms with van der Waals surface area (Å²) < 4.78 is 0. The Labute approximate surface area is 120 Å². The first-order chi connectivity index (χ1) is 9.08. The number of carbonyl (C=O) groups is 1. The minimum atomic E-state index is -0.753. The van der Waals surface area contributed by atoms with Gasteiger partial charge in [0, 0.05) is 5.02 Å². The van der Waals surface area contributed by atoms with Crippen molar-refractivity contribution in [3.05, 3.63) is 34.9 Å². The van der Waals surface area contributed by atoms with Gasteiger partial charge in [-0.05, 0) is 30.0 Å². The molecule has 2 atom stereocenters. The molecule has 0 saturated heterocycles. The van der Waals surface area contributed by atoms with Crippen molar-refractivity contribution < 1.29 is 9.90 Å². The van der Waals surface area contributed by atoms with Crippen LogP contribution in [0.4, 0.5) is 0 Å². The topological polar surface area (TPSA) is 37.3 Å². The average molecular weight is 283 g/mol. The summed E-state index contributed by atoms with van der Waals surface area (Å²) in [7, 11) is 0. The molecule has 0 fully saturated rings. The maximum absolute atomic E-state index is 11.5. The minimum absolute atomic E-state index is 0.444. The number of hydrogen-bond donors (Lipinski definition) is 1. The van der Waals surface area contributed by atoms with Crippen LogP contribution in [0.3, 0.4) is 0 Å². The smallest absolute Gasteiger partial charge is 0.310 e. The van der Waals surface area contributed by atoms with Crippen LogP contribution in [0.1, 0.15) is 57.4 Å². The molecule has 2 unspecified atom stereocenters. The van der Waals surface area contributed by atoms with Gasteiger partial charge in [0.2, 0.25) is 0 Å². The molecule has 1 aromatic carbocycles. The Hall–Kier alpha value is -1.02. The van der Waals surface area contributed by atoms with E-state index in [0.717, 1.165) is 24.8 Å². The molecular weight excluding hydrogens is 260 g/mol. The van der Waals surface area contributed by atoms with Gasteiger partial charge in [0.25, 0.3) is 0 Å². The number of unbranched alkanes of at least 4 members (excludes halogenated alkanes) is 1. The van der Waals surface area contributed by atoms with E-state index in [2.05, 4.69) is 13.8 Å². The number of halogens is 1. The average Bonchev–Trinajstić information content (AvgIpc) is 2.38. The number of carboxylic acid groups (broad SMARTS) is 1. The maximum Gasteiger partial charge on any atom is 0.310 e. The van der Waals surface area contributed by atoms with Gasteiger partial charge in [0.05, 0.1) is 5.92 Å². The highest BCUT2D eigenvalue weighted by Gasteiger charge is 2.23. The molecule has 3 heteroatoms. The highest BCUT2D eigenvalue weighted by molar-refractivity contribution is 6.30. The Morgan fingerprint density at radius 1 is 1.37 bits per heavy atom. The van der Waals surface area contributed by atoms with E-state index in [0.29, 0.717) is 17.4 Å². The van der Waals surface area contributed by atoms with Crippen molar-refractivity contribution >= 4 is 17.6 Å². The largest absolute Gasteiger partial charge is 0.481 e. The van der Waals surface area contributed by atoms with Gasteiger partial charge in [-0.3, -0.25) is 4.79 Å². The van der Waals surface area contributed by atoms with Crippen molar-refractivity contribution in [1.29, 1.82) is 0 Å². The first kappa shape index (κ1) is 16.0. The van der Waals surface area contributed by atoms with Gasteiger partial charge in [-0.15, -0.1) is 0 Å². The van der Waals surface area contributed by atoms with Crippen LogP contribution in [-0.2, 0) is 4.79 Å². The van der Waals surface area contributed by atoms with E-state index in [1.165, 1.54) is 6.42 Å². The van der Waals surface area contributed by atoms with E-state index < -0.39 is 11.9 Å². The van der Waals surface area contributed by atoms with Crippen LogP contribution in [-0.4, -0.2) is 11.1 Å². The molecule has 0 heterocycles. The highest BCUT2D eigenvalue weighted by atomic mass is 35.5. The van der Waals surface area contributed by atoms with Crippen LogP contribution >= 0.6 is 11.6 Å². The van der Waals surface area contributed by atoms with Crippen molar-refractivity contribution in [3.63, 3.8) is 0 Å². The van der Waals surface area contributed by atoms with Crippen LogP contribution in [0.15, 0.2) is 24.3 Å². The molecule has 2 nitrogen and oxygen atoms in total. The zero-order valence-electron chi connectivity index (χ0n) is 11.7. The predicted molar refractivity (Wildman–Crippen MR) is 79.8 cm³/mol. The summed E-state index contributed by atoms with van der Waals surface area (Å²) in [5, 5.41) is 10.0. The fourth-order valence-corrected chi connectivity index (χ4v) is 2.62. The number of hydrogen-bond acceptors (Lipinski definition) is 1. The summed E-state index contributed by atoms with van der Waals surface area (Å²) in [5.41, 5.74) is 0.815. The zero-order chi connectivity index (χ0) is 14.3. The molecule has 0 saturated carbocycles. The van der Waals surface area contributed by atoms with E-state index in [-0.39, 0.29) is 0 Å². The first-order valence-electron chi connectivity index (χ1n) is 7.06. The van der Waals surface area contributed by atoms with E-state index in [1.807, 2.05) is 12.1 Å². The van der Waals surface area contributed by atoms with Gasteiger partial charge in [-0.2, -0.15) is 0 Å². The fraction of sp³-hybridized carbons (Fsp3) is 0.562. The first-order valence-corrected chi connectivity index (χ1v) is 7.44. The Morgan fingerprint density at radius 2 is 2.11 bits per heavy atom. The molecule has 19 heavy (non-hydrogen) atoms. The van der Waals surface area contributed by atoms with Crippen LogP contribution < -0.4 is 0 Å². The van der Waals surface area contributed by atoms with Crippen molar-refractivity contribution in [2.45, 2.75) is 51.9 Å². The van der Waals surface area contributed by atoms with Crippen molar-refractivity contribution in [2.75, 3.05) is 0 Å². The van der Waals surface area contributed by atoms with Gasteiger partial charge in [0.15, 0.2) is 0 Å². The van der Waals surface area contributed by atoms with Crippen LogP contribution in [0, 0.1) is 5.92 Å². The van der Waals surface area contributed by atoms with Gasteiger partial charge < -0.3 is 5.11 Å². The molecular formula is C16H23ClO2. The Morgan fingerprint density at radius 3 is 2.63 bits per heavy atom. The number of carboxylic acids is 1. The Kier molecular flexibility index (Phi) is 6.93. The quantitative estimate of drug-likeness (QED) is 0.719. The minimum Gasteiger partial charge on any atom is -0.481 e. The van der Waals surface area contributed by atoms with Crippen molar-refractivity contribution in [2.24, 2.45) is 5.92 Å². The molecule has 0 aliphatic carbocycles. The molecule has 106 valence electrons. The fourth-order valence-electron chi connectivity index (χ4n) is 2.42. The monoisotopic (exact) mass is 282 g/mol. The molecule has 0 amide bonds. The molecule has 1 rings (SSSR count). The van der Waals surface area contributed by atoms with Gasteiger partial charge in [-0.1, -0.05) is 63.3 Å². The number of aliphatic carboxylic acids is 1. The maximum atomic E-state index is 11.5. The Balaban J connectivity index is 2.80. The summed E-state index contributed by atoms with van der Waals surface area (Å²) in [6.07, 6.45) is 5.17. The summed E-state index contributed by atoms with van der Waals surface area (Å²) in [6.45, 7) is 4.30. The van der Waals surface area contributed by atoms with E-state index in [1.54, 1.807) is 12.1 Å². The van der Waals surface area contributed by atoms with Crippen molar-refractivity contribution in [1.82, 2.24) is 0 Å². The summed E-state index contributed by atoms with van der Waals surface area (Å²) in [6, 6.07) is 7.23. The molecule has 1 aromatic rings. The third-order valence-electron chi connectivity index (χ3n) is 3.66. The van der Waals surface area contributed by atoms with E-state index in [4.69, 9.17) is 11.6 Å². The Bertz CT molecular complexity index is 403. The lowest BCUT2D eigenvalue weighted by atomic mass is 9.85. The third-order valence-corrected chi connectivity index (χ3v) is 3.90. The second-order valence-electron chi connectivity index (χ2n) is 5.10. The molecule has 1 N–H and O–H groups in total. The lowest BCUT2D eigenvalue weighted by Crippen LogP contribution is -2.16.